The molecule has 0 atom stereocenters. The molecular weight excluding hydrogens is 508 g/mol. The number of hydrogen-bond acceptors (Lipinski definition) is 8. The minimum Gasteiger partial charge on any atom is -0.289 e. The molecule has 0 fully saturated rings. The quantitative estimate of drug-likeness (QED) is 0.196. The van der Waals surface area contributed by atoms with E-state index in [0.717, 1.165) is 18.2 Å². The number of fused-ring (bicyclic) bond motifs is 7. The Labute approximate surface area is 202 Å². The summed E-state index contributed by atoms with van der Waals surface area (Å²) in [5.41, 5.74) is 0.447. The zero-order chi connectivity index (χ0) is 25.6. The van der Waals surface area contributed by atoms with E-state index in [9.17, 15) is 35.5 Å². The molecular formula is C24H12N2O8S2. The maximum absolute atomic E-state index is 13.4. The zero-order valence-corrected chi connectivity index (χ0v) is 19.5. The van der Waals surface area contributed by atoms with Gasteiger partial charge in [0.25, 0.3) is 20.2 Å². The topological polar surface area (TPSA) is 169 Å². The van der Waals surface area contributed by atoms with Crippen LogP contribution in [0.3, 0.4) is 0 Å². The molecule has 178 valence electrons. The first-order chi connectivity index (χ1) is 16.9. The van der Waals surface area contributed by atoms with Gasteiger partial charge in [-0.05, 0) is 35.7 Å². The van der Waals surface area contributed by atoms with Crippen molar-refractivity contribution < 1.29 is 35.5 Å². The molecule has 1 aliphatic rings. The molecule has 36 heavy (non-hydrogen) atoms. The molecule has 0 saturated heterocycles. The van der Waals surface area contributed by atoms with Crippen LogP contribution in [-0.2, 0) is 20.2 Å². The van der Waals surface area contributed by atoms with Gasteiger partial charge in [-0.25, -0.2) is 9.97 Å². The van der Waals surface area contributed by atoms with Gasteiger partial charge in [-0.2, -0.15) is 16.8 Å². The highest BCUT2D eigenvalue weighted by atomic mass is 32.2. The van der Waals surface area contributed by atoms with E-state index >= 15 is 0 Å². The molecule has 0 saturated carbocycles. The number of nitrogens with zero attached hydrogens (tertiary/aromatic N) is 2. The summed E-state index contributed by atoms with van der Waals surface area (Å²) in [5, 5.41) is 0.267. The molecule has 0 unspecified atom stereocenters. The average Bonchev–Trinajstić information content (AvgIpc) is 2.83. The number of ketones is 2. The van der Waals surface area contributed by atoms with Gasteiger partial charge in [0.1, 0.15) is 15.9 Å². The Kier molecular flexibility index (Phi) is 4.48. The number of aromatic nitrogens is 2. The Morgan fingerprint density at radius 1 is 0.639 bits per heavy atom. The average molecular weight is 521 g/mol. The number of hydrogen-bond donors (Lipinski definition) is 2. The second-order valence-electron chi connectivity index (χ2n) is 8.19. The van der Waals surface area contributed by atoms with Crippen molar-refractivity contribution in [2.75, 3.05) is 0 Å². The van der Waals surface area contributed by atoms with Crippen molar-refractivity contribution in [1.82, 2.24) is 9.97 Å². The van der Waals surface area contributed by atoms with Crippen LogP contribution in [0.5, 0.6) is 0 Å². The summed E-state index contributed by atoms with van der Waals surface area (Å²) in [5.74, 6) is -0.832. The third-order valence-corrected chi connectivity index (χ3v) is 7.82. The molecule has 2 N–H and O–H groups in total. The van der Waals surface area contributed by atoms with E-state index in [1.807, 2.05) is 0 Å². The Bertz CT molecular complexity index is 2090. The third-order valence-electron chi connectivity index (χ3n) is 6.10. The van der Waals surface area contributed by atoms with Crippen molar-refractivity contribution in [3.63, 3.8) is 0 Å². The van der Waals surface area contributed by atoms with Crippen LogP contribution < -0.4 is 0 Å². The van der Waals surface area contributed by atoms with Crippen molar-refractivity contribution in [1.29, 1.82) is 0 Å². The number of carbonyl (C=O) groups excluding carboxylic acids is 2. The fourth-order valence-corrected chi connectivity index (χ4v) is 5.68. The summed E-state index contributed by atoms with van der Waals surface area (Å²) < 4.78 is 66.9. The van der Waals surface area contributed by atoms with Gasteiger partial charge in [-0.3, -0.25) is 18.7 Å². The molecule has 1 aliphatic carbocycles. The van der Waals surface area contributed by atoms with E-state index < -0.39 is 35.8 Å². The second-order valence-corrected chi connectivity index (χ2v) is 11.0. The van der Waals surface area contributed by atoms with Crippen LogP contribution in [0.1, 0.15) is 31.8 Å². The van der Waals surface area contributed by atoms with Crippen molar-refractivity contribution in [3.8, 4) is 0 Å². The summed E-state index contributed by atoms with van der Waals surface area (Å²) in [6.45, 7) is 0. The van der Waals surface area contributed by atoms with Crippen LogP contribution in [0, 0.1) is 0 Å². The molecule has 4 aromatic carbocycles. The smallest absolute Gasteiger partial charge is 0.289 e. The monoisotopic (exact) mass is 520 g/mol. The number of carbonyl (C=O) groups is 2. The largest absolute Gasteiger partial charge is 0.296 e. The second kappa shape index (κ2) is 7.21. The lowest BCUT2D eigenvalue weighted by molar-refractivity contribution is 0.0980. The maximum atomic E-state index is 13.4. The predicted octanol–water partition coefficient (Wildman–Crippen LogP) is 3.21. The standard InChI is InChI=1S/C24H12N2O8S2/c27-23-14-3-1-2-4-15(14)24(28)19-16(23)7-8-17-21(19)26-20-13-6-5-12(35(29,30)31)9-11(13)10-18(22(20)25-17)36(32,33)34/h1-10H,(H,29,30,31)(H,32,33,34). The van der Waals surface area contributed by atoms with E-state index in [-0.39, 0.29) is 60.9 Å². The summed E-state index contributed by atoms with van der Waals surface area (Å²) in [7, 11) is -9.46. The normalized spacial score (nSPS) is 13.8. The van der Waals surface area contributed by atoms with Gasteiger partial charge in [-0.15, -0.1) is 0 Å². The van der Waals surface area contributed by atoms with E-state index in [4.69, 9.17) is 0 Å². The lowest BCUT2D eigenvalue weighted by atomic mass is 9.83. The predicted molar refractivity (Wildman–Crippen MR) is 127 cm³/mol. The van der Waals surface area contributed by atoms with E-state index in [1.165, 1.54) is 24.3 Å². The fraction of sp³-hybridized carbons (Fsp3) is 0. The molecule has 0 amide bonds. The van der Waals surface area contributed by atoms with E-state index in [1.54, 1.807) is 18.2 Å². The Hall–Kier alpha value is -4.10. The Balaban J connectivity index is 1.78. The first-order valence-electron chi connectivity index (χ1n) is 10.3. The molecule has 1 aromatic heterocycles. The van der Waals surface area contributed by atoms with Gasteiger partial charge in [0.15, 0.2) is 11.6 Å². The fourth-order valence-electron chi connectivity index (χ4n) is 4.50. The highest BCUT2D eigenvalue weighted by Crippen LogP contribution is 2.35. The van der Waals surface area contributed by atoms with Crippen LogP contribution in [0.4, 0.5) is 0 Å². The van der Waals surface area contributed by atoms with Crippen LogP contribution in [-0.4, -0.2) is 47.5 Å². The van der Waals surface area contributed by atoms with Gasteiger partial charge >= 0.3 is 0 Å². The van der Waals surface area contributed by atoms with Gasteiger partial charge in [0.2, 0.25) is 0 Å². The molecule has 0 radical (unpaired) electrons. The van der Waals surface area contributed by atoms with Crippen LogP contribution in [0.25, 0.3) is 32.8 Å². The minimum atomic E-state index is -4.85. The van der Waals surface area contributed by atoms with Crippen LogP contribution in [0.15, 0.2) is 70.5 Å². The van der Waals surface area contributed by atoms with Crippen molar-refractivity contribution in [3.05, 3.63) is 82.9 Å². The van der Waals surface area contributed by atoms with Gasteiger partial charge in [0.05, 0.1) is 21.5 Å². The summed E-state index contributed by atoms with van der Waals surface area (Å²) >= 11 is 0. The number of benzene rings is 4. The van der Waals surface area contributed by atoms with Crippen molar-refractivity contribution >= 4 is 64.6 Å². The van der Waals surface area contributed by atoms with Gasteiger partial charge in [-0.1, -0.05) is 30.3 Å². The zero-order valence-electron chi connectivity index (χ0n) is 17.8. The van der Waals surface area contributed by atoms with E-state index in [2.05, 4.69) is 9.97 Å². The van der Waals surface area contributed by atoms with Crippen LogP contribution >= 0.6 is 0 Å². The molecule has 0 aliphatic heterocycles. The highest BCUT2D eigenvalue weighted by Gasteiger charge is 2.32. The Morgan fingerprint density at radius 2 is 1.33 bits per heavy atom. The maximum Gasteiger partial charge on any atom is 0.296 e. The summed E-state index contributed by atoms with van der Waals surface area (Å²) in [6.07, 6.45) is 0. The van der Waals surface area contributed by atoms with Crippen molar-refractivity contribution in [2.45, 2.75) is 9.79 Å². The molecule has 1 heterocycles. The van der Waals surface area contributed by atoms with Crippen molar-refractivity contribution in [2.24, 2.45) is 0 Å². The molecule has 0 bridgehead atoms. The summed E-state index contributed by atoms with van der Waals surface area (Å²) in [4.78, 5) is 34.2. The molecule has 12 heteroatoms. The minimum absolute atomic E-state index is 0.00515. The van der Waals surface area contributed by atoms with E-state index in [0.29, 0.717) is 0 Å². The summed E-state index contributed by atoms with van der Waals surface area (Å²) in [6, 6.07) is 13.6. The molecule has 5 aromatic rings. The highest BCUT2D eigenvalue weighted by molar-refractivity contribution is 7.86. The van der Waals surface area contributed by atoms with Crippen LogP contribution in [0.2, 0.25) is 0 Å². The van der Waals surface area contributed by atoms with Gasteiger partial charge < -0.3 is 0 Å². The molecule has 0 spiro atoms. The van der Waals surface area contributed by atoms with Gasteiger partial charge in [0, 0.05) is 22.1 Å². The molecule has 6 rings (SSSR count). The first-order valence-corrected chi connectivity index (χ1v) is 13.2. The SMILES string of the molecule is O=C1c2ccccc2C(=O)c2c1ccc1nc3c(S(=O)(=O)O)cc4cc(S(=O)(=O)O)ccc4c3nc21. The third kappa shape index (κ3) is 3.16. The number of rotatable bonds is 2. The lowest BCUT2D eigenvalue weighted by Crippen LogP contribution is -2.21. The Morgan fingerprint density at radius 3 is 2.00 bits per heavy atom. The lowest BCUT2D eigenvalue weighted by Gasteiger charge is -2.19. The first kappa shape index (κ1) is 22.4. The molecule has 10 nitrogen and oxygen atoms in total.